The van der Waals surface area contributed by atoms with Crippen LogP contribution in [0.3, 0.4) is 0 Å². The highest BCUT2D eigenvalue weighted by molar-refractivity contribution is 5.60. The highest BCUT2D eigenvalue weighted by atomic mass is 16.6. The molecular formula is C23H31N6O3+. The van der Waals surface area contributed by atoms with Gasteiger partial charge in [0.2, 0.25) is 0 Å². The van der Waals surface area contributed by atoms with Gasteiger partial charge in [0.25, 0.3) is 5.69 Å². The molecule has 2 aromatic carbocycles. The van der Waals surface area contributed by atoms with Gasteiger partial charge >= 0.3 is 0 Å². The van der Waals surface area contributed by atoms with Crippen molar-refractivity contribution < 1.29 is 14.1 Å². The summed E-state index contributed by atoms with van der Waals surface area (Å²) in [7, 11) is 1.47. The lowest BCUT2D eigenvalue weighted by atomic mass is 10.1. The number of likely N-dealkylation sites (N-methyl/N-ethyl adjacent to an activating group) is 1. The standard InChI is InChI=1S/C23H31N6O3/c1-3-27(13-17-29-14-10-26(11-15-29)12-16-29)20-6-4-19(5-7-20)24-25-22-9-8-21(32-2)18-23(22)28(30)31/h4-9,18H,3,10-17H2,1-2H3/q+1/b25-24+. The molecule has 0 spiro atoms. The predicted octanol–water partition coefficient (Wildman–Crippen LogP) is 3.99. The zero-order valence-corrected chi connectivity index (χ0v) is 18.8. The van der Waals surface area contributed by atoms with Gasteiger partial charge in [-0.1, -0.05) is 0 Å². The number of benzene rings is 2. The Balaban J connectivity index is 1.41. The van der Waals surface area contributed by atoms with E-state index in [1.165, 1.54) is 63.5 Å². The highest BCUT2D eigenvalue weighted by Crippen LogP contribution is 2.33. The molecule has 0 radical (unpaired) electrons. The number of hydrogen-bond acceptors (Lipinski definition) is 7. The molecule has 3 heterocycles. The van der Waals surface area contributed by atoms with E-state index in [9.17, 15) is 10.1 Å². The third-order valence-electron chi connectivity index (χ3n) is 6.77. The van der Waals surface area contributed by atoms with Gasteiger partial charge in [0, 0.05) is 31.9 Å². The maximum atomic E-state index is 11.3. The molecule has 9 nitrogen and oxygen atoms in total. The van der Waals surface area contributed by atoms with Gasteiger partial charge in [0.1, 0.15) is 5.75 Å². The van der Waals surface area contributed by atoms with Crippen molar-refractivity contribution in [1.82, 2.24) is 4.90 Å². The first-order valence-corrected chi connectivity index (χ1v) is 11.2. The zero-order chi connectivity index (χ0) is 22.6. The van der Waals surface area contributed by atoms with Crippen LogP contribution in [0.2, 0.25) is 0 Å². The summed E-state index contributed by atoms with van der Waals surface area (Å²) in [5.74, 6) is 0.414. The van der Waals surface area contributed by atoms with Crippen molar-refractivity contribution in [3.63, 3.8) is 0 Å². The average Bonchev–Trinajstić information content (AvgIpc) is 2.84. The third kappa shape index (κ3) is 4.89. The first-order valence-electron chi connectivity index (χ1n) is 11.2. The molecule has 9 heteroatoms. The van der Waals surface area contributed by atoms with Crippen LogP contribution >= 0.6 is 0 Å². The number of nitro groups is 1. The number of methoxy groups -OCH3 is 1. The lowest BCUT2D eigenvalue weighted by molar-refractivity contribution is -0.939. The molecule has 0 atom stereocenters. The normalized spacial score (nSPS) is 22.2. The number of nitro benzene ring substituents is 1. The van der Waals surface area contributed by atoms with Crippen LogP contribution < -0.4 is 9.64 Å². The maximum Gasteiger partial charge on any atom is 0.300 e. The zero-order valence-electron chi connectivity index (χ0n) is 18.8. The molecule has 32 heavy (non-hydrogen) atoms. The van der Waals surface area contributed by atoms with Crippen molar-refractivity contribution >= 4 is 22.7 Å². The fourth-order valence-corrected chi connectivity index (χ4v) is 4.57. The number of quaternary nitrogens is 1. The minimum Gasteiger partial charge on any atom is -0.496 e. The molecule has 3 aliphatic heterocycles. The van der Waals surface area contributed by atoms with Gasteiger partial charge < -0.3 is 14.1 Å². The van der Waals surface area contributed by atoms with Crippen molar-refractivity contribution in [2.45, 2.75) is 6.92 Å². The fraction of sp³-hybridized carbons (Fsp3) is 0.478. The van der Waals surface area contributed by atoms with Crippen LogP contribution in [0.25, 0.3) is 0 Å². The third-order valence-corrected chi connectivity index (χ3v) is 6.77. The first-order chi connectivity index (χ1) is 15.5. The maximum absolute atomic E-state index is 11.3. The number of anilines is 1. The van der Waals surface area contributed by atoms with Crippen LogP contribution in [0.15, 0.2) is 52.7 Å². The predicted molar refractivity (Wildman–Crippen MR) is 124 cm³/mol. The van der Waals surface area contributed by atoms with Gasteiger partial charge in [-0.25, -0.2) is 0 Å². The van der Waals surface area contributed by atoms with E-state index in [0.717, 1.165) is 18.8 Å². The topological polar surface area (TPSA) is 83.6 Å². The minimum absolute atomic E-state index is 0.132. The molecule has 5 rings (SSSR count). The van der Waals surface area contributed by atoms with E-state index < -0.39 is 4.92 Å². The molecule has 0 amide bonds. The van der Waals surface area contributed by atoms with E-state index in [4.69, 9.17) is 4.74 Å². The number of piperazine rings is 3. The van der Waals surface area contributed by atoms with Gasteiger partial charge in [-0.05, 0) is 43.3 Å². The molecule has 0 saturated carbocycles. The average molecular weight is 440 g/mol. The summed E-state index contributed by atoms with van der Waals surface area (Å²) in [5, 5.41) is 19.6. The van der Waals surface area contributed by atoms with Crippen LogP contribution in [-0.4, -0.2) is 80.3 Å². The Kier molecular flexibility index (Phi) is 6.66. The summed E-state index contributed by atoms with van der Waals surface area (Å²) < 4.78 is 6.31. The van der Waals surface area contributed by atoms with Crippen molar-refractivity contribution in [3.8, 4) is 5.75 Å². The molecule has 0 unspecified atom stereocenters. The second-order valence-electron chi connectivity index (χ2n) is 8.49. The van der Waals surface area contributed by atoms with E-state index in [1.807, 2.05) is 12.1 Å². The van der Waals surface area contributed by atoms with Gasteiger partial charge in [0.05, 0.1) is 56.5 Å². The lowest BCUT2D eigenvalue weighted by Gasteiger charge is -2.51. The number of ether oxygens (including phenoxy) is 1. The Morgan fingerprint density at radius 3 is 2.38 bits per heavy atom. The monoisotopic (exact) mass is 439 g/mol. The van der Waals surface area contributed by atoms with Crippen LogP contribution in [0.4, 0.5) is 22.7 Å². The van der Waals surface area contributed by atoms with Gasteiger partial charge in [-0.15, -0.1) is 5.11 Å². The summed E-state index contributed by atoms with van der Waals surface area (Å²) in [6.07, 6.45) is 0. The van der Waals surface area contributed by atoms with E-state index in [0.29, 0.717) is 11.4 Å². The van der Waals surface area contributed by atoms with Crippen LogP contribution in [0.1, 0.15) is 6.92 Å². The van der Waals surface area contributed by atoms with Crippen molar-refractivity contribution in [3.05, 3.63) is 52.6 Å². The molecule has 0 aliphatic carbocycles. The highest BCUT2D eigenvalue weighted by Gasteiger charge is 2.38. The van der Waals surface area contributed by atoms with Gasteiger partial charge in [-0.3, -0.25) is 15.0 Å². The molecule has 2 bridgehead atoms. The van der Waals surface area contributed by atoms with E-state index in [-0.39, 0.29) is 11.4 Å². The smallest absolute Gasteiger partial charge is 0.300 e. The number of azo groups is 1. The summed E-state index contributed by atoms with van der Waals surface area (Å²) >= 11 is 0. The van der Waals surface area contributed by atoms with Gasteiger partial charge in [-0.2, -0.15) is 5.11 Å². The van der Waals surface area contributed by atoms with Crippen LogP contribution in [0, 0.1) is 10.1 Å². The molecule has 0 N–H and O–H groups in total. The Bertz CT molecular complexity index is 956. The number of fused-ring (bicyclic) bond motifs is 3. The number of hydrogen-bond donors (Lipinski definition) is 0. The molecular weight excluding hydrogens is 408 g/mol. The number of nitrogens with zero attached hydrogens (tertiary/aromatic N) is 6. The summed E-state index contributed by atoms with van der Waals surface area (Å²) in [4.78, 5) is 15.8. The molecule has 3 aliphatic rings. The molecule has 3 fully saturated rings. The van der Waals surface area contributed by atoms with Crippen molar-refractivity contribution in [1.29, 1.82) is 0 Å². The van der Waals surface area contributed by atoms with Crippen LogP contribution in [-0.2, 0) is 0 Å². The Morgan fingerprint density at radius 2 is 1.78 bits per heavy atom. The Hall–Kier alpha value is -3.04. The largest absolute Gasteiger partial charge is 0.496 e. The van der Waals surface area contributed by atoms with Crippen molar-refractivity contribution in [2.75, 3.05) is 70.9 Å². The molecule has 170 valence electrons. The first kappa shape index (κ1) is 22.2. The van der Waals surface area contributed by atoms with E-state index in [2.05, 4.69) is 39.1 Å². The molecule has 0 aromatic heterocycles. The van der Waals surface area contributed by atoms with E-state index >= 15 is 0 Å². The summed E-state index contributed by atoms with van der Waals surface area (Å²) in [6, 6.07) is 12.4. The fourth-order valence-electron chi connectivity index (χ4n) is 4.57. The summed E-state index contributed by atoms with van der Waals surface area (Å²) in [5.41, 5.74) is 1.89. The molecule has 2 aromatic rings. The minimum atomic E-state index is -0.479. The molecule has 3 saturated heterocycles. The van der Waals surface area contributed by atoms with Crippen molar-refractivity contribution in [2.24, 2.45) is 10.2 Å². The SMILES string of the molecule is CCN(CC[N+]12CCN(CC1)CC2)c1ccc(/N=N/c2ccc(OC)cc2[N+](=O)[O-])cc1. The second-order valence-corrected chi connectivity index (χ2v) is 8.49. The lowest BCUT2D eigenvalue weighted by Crippen LogP contribution is -2.68. The quantitative estimate of drug-likeness (QED) is 0.255. The van der Waals surface area contributed by atoms with Gasteiger partial charge in [0.15, 0.2) is 5.69 Å². The van der Waals surface area contributed by atoms with E-state index in [1.54, 1.807) is 12.1 Å². The number of rotatable bonds is 9. The second kappa shape index (κ2) is 9.62. The summed E-state index contributed by atoms with van der Waals surface area (Å²) in [6.45, 7) is 12.9. The Morgan fingerprint density at radius 1 is 1.09 bits per heavy atom. The Labute approximate surface area is 188 Å². The van der Waals surface area contributed by atoms with Crippen LogP contribution in [0.5, 0.6) is 5.75 Å².